The molecule has 9 N–H and O–H groups in total. The molecule has 0 bridgehead atoms. The number of hydrogen-bond donors (Lipinski definition) is 9. The molecule has 0 aromatic rings. The minimum Gasteiger partial charge on any atom is -0.394 e. The Morgan fingerprint density at radius 1 is 0.473 bits per heavy atom. The zero-order chi connectivity index (χ0) is 53.9. The Balaban J connectivity index is 1.69. The summed E-state index contributed by atoms with van der Waals surface area (Å²) in [5.74, 6) is -0.237. The van der Waals surface area contributed by atoms with Crippen LogP contribution < -0.4 is 5.32 Å². The summed E-state index contributed by atoms with van der Waals surface area (Å²) in [7, 11) is 0. The summed E-state index contributed by atoms with van der Waals surface area (Å²) in [4.78, 5) is 13.2. The standard InChI is InChI=1S/C60H113NO13/c1-3-5-7-9-11-13-15-17-18-19-20-21-22-23-24-25-26-27-28-29-30-32-34-36-38-40-42-44-52(65)61-48(49(64)43-41-39-37-35-33-31-16-14-12-10-8-6-4-2)47-71-59-57(70)55(68)58(51(46-63)73-59)74-60-56(69)54(67)53(66)50(45-62)72-60/h19-20,41,43,48-51,53-60,62-64,66-70H,3-18,21-40,42,44-47H2,1-2H3,(H,61,65)/b20-19-,43-41+. The number of unbranched alkanes of at least 4 members (excludes halogenated alkanes) is 34. The molecule has 0 saturated carbocycles. The number of hydrogen-bond acceptors (Lipinski definition) is 13. The summed E-state index contributed by atoms with van der Waals surface area (Å²) in [5.41, 5.74) is 0. The van der Waals surface area contributed by atoms with Gasteiger partial charge in [-0.05, 0) is 44.9 Å². The van der Waals surface area contributed by atoms with Gasteiger partial charge < -0.3 is 65.1 Å². The van der Waals surface area contributed by atoms with E-state index in [4.69, 9.17) is 18.9 Å². The second-order valence-corrected chi connectivity index (χ2v) is 21.8. The molecule has 0 aromatic heterocycles. The van der Waals surface area contributed by atoms with Gasteiger partial charge in [-0.25, -0.2) is 0 Å². The molecule has 0 radical (unpaired) electrons. The molecule has 14 heteroatoms. The van der Waals surface area contributed by atoms with Crippen LogP contribution in [0.25, 0.3) is 0 Å². The second kappa shape index (κ2) is 46.4. The van der Waals surface area contributed by atoms with Crippen molar-refractivity contribution in [3.8, 4) is 0 Å². The first-order valence-corrected chi connectivity index (χ1v) is 30.6. The topological polar surface area (TPSA) is 228 Å². The molecule has 436 valence electrons. The van der Waals surface area contributed by atoms with E-state index in [1.807, 2.05) is 6.08 Å². The maximum absolute atomic E-state index is 13.2. The van der Waals surface area contributed by atoms with E-state index < -0.39 is 86.8 Å². The van der Waals surface area contributed by atoms with Gasteiger partial charge in [-0.2, -0.15) is 0 Å². The minimum atomic E-state index is -1.79. The van der Waals surface area contributed by atoms with E-state index in [1.165, 1.54) is 193 Å². The van der Waals surface area contributed by atoms with Crippen LogP contribution in [0.1, 0.15) is 258 Å². The first kappa shape index (κ1) is 68.6. The van der Waals surface area contributed by atoms with E-state index in [2.05, 4.69) is 31.3 Å². The highest BCUT2D eigenvalue weighted by Crippen LogP contribution is 2.30. The molecule has 2 fully saturated rings. The molecule has 2 heterocycles. The predicted molar refractivity (Wildman–Crippen MR) is 295 cm³/mol. The van der Waals surface area contributed by atoms with Crippen LogP contribution in [0, 0.1) is 0 Å². The van der Waals surface area contributed by atoms with Crippen LogP contribution in [0.3, 0.4) is 0 Å². The zero-order valence-electron chi connectivity index (χ0n) is 46.8. The van der Waals surface area contributed by atoms with E-state index in [0.29, 0.717) is 6.42 Å². The molecule has 1 amide bonds. The average molecular weight is 1060 g/mol. The third kappa shape index (κ3) is 31.8. The van der Waals surface area contributed by atoms with Crippen molar-refractivity contribution in [2.24, 2.45) is 0 Å². The Morgan fingerprint density at radius 2 is 0.851 bits per heavy atom. The molecular formula is C60H113NO13. The Kier molecular flexibility index (Phi) is 43.0. The van der Waals surface area contributed by atoms with Crippen LogP contribution in [-0.2, 0) is 23.7 Å². The molecule has 0 aliphatic carbocycles. The fourth-order valence-electron chi connectivity index (χ4n) is 10.2. The molecule has 14 nitrogen and oxygen atoms in total. The lowest BCUT2D eigenvalue weighted by Gasteiger charge is -2.46. The van der Waals surface area contributed by atoms with Gasteiger partial charge in [0.2, 0.25) is 5.91 Å². The van der Waals surface area contributed by atoms with Crippen LogP contribution in [0.5, 0.6) is 0 Å². The maximum atomic E-state index is 13.2. The molecule has 12 atom stereocenters. The van der Waals surface area contributed by atoms with Crippen molar-refractivity contribution in [2.45, 2.75) is 331 Å². The molecule has 2 rings (SSSR count). The number of aliphatic hydroxyl groups is 8. The van der Waals surface area contributed by atoms with Crippen LogP contribution in [-0.4, -0.2) is 140 Å². The van der Waals surface area contributed by atoms with Crippen LogP contribution >= 0.6 is 0 Å². The quantitative estimate of drug-likeness (QED) is 0.0204. The Bertz CT molecular complexity index is 1340. The minimum absolute atomic E-state index is 0.237. The molecule has 74 heavy (non-hydrogen) atoms. The highest BCUT2D eigenvalue weighted by molar-refractivity contribution is 5.76. The number of carbonyl (C=O) groups excluding carboxylic acids is 1. The van der Waals surface area contributed by atoms with Gasteiger partial charge in [0.25, 0.3) is 0 Å². The molecule has 2 saturated heterocycles. The van der Waals surface area contributed by atoms with E-state index in [9.17, 15) is 45.6 Å². The van der Waals surface area contributed by atoms with Gasteiger partial charge in [0, 0.05) is 6.42 Å². The summed E-state index contributed by atoms with van der Waals surface area (Å²) in [6.45, 7) is 2.81. The lowest BCUT2D eigenvalue weighted by atomic mass is 9.97. The number of amides is 1. The van der Waals surface area contributed by atoms with Gasteiger partial charge in [0.15, 0.2) is 12.6 Å². The molecule has 0 aromatic carbocycles. The van der Waals surface area contributed by atoms with Crippen molar-refractivity contribution in [3.63, 3.8) is 0 Å². The van der Waals surface area contributed by atoms with Gasteiger partial charge in [0.05, 0.1) is 32.0 Å². The molecular weight excluding hydrogens is 943 g/mol. The summed E-state index contributed by atoms with van der Waals surface area (Å²) in [6.07, 6.45) is 38.0. The lowest BCUT2D eigenvalue weighted by Crippen LogP contribution is -2.65. The van der Waals surface area contributed by atoms with Crippen molar-refractivity contribution >= 4 is 5.91 Å². The van der Waals surface area contributed by atoms with Gasteiger partial charge in [-0.3, -0.25) is 4.79 Å². The van der Waals surface area contributed by atoms with E-state index in [-0.39, 0.29) is 18.9 Å². The van der Waals surface area contributed by atoms with Gasteiger partial charge >= 0.3 is 0 Å². The third-order valence-corrected chi connectivity index (χ3v) is 15.1. The smallest absolute Gasteiger partial charge is 0.220 e. The summed E-state index contributed by atoms with van der Waals surface area (Å²) in [5, 5.41) is 87.0. The van der Waals surface area contributed by atoms with Crippen molar-refractivity contribution in [1.29, 1.82) is 0 Å². The number of carbonyl (C=O) groups is 1. The number of allylic oxidation sites excluding steroid dienone is 3. The second-order valence-electron chi connectivity index (χ2n) is 21.8. The summed E-state index contributed by atoms with van der Waals surface area (Å²) >= 11 is 0. The van der Waals surface area contributed by atoms with Crippen molar-refractivity contribution in [2.75, 3.05) is 19.8 Å². The monoisotopic (exact) mass is 1060 g/mol. The molecule has 2 aliphatic rings. The first-order chi connectivity index (χ1) is 36.1. The van der Waals surface area contributed by atoms with E-state index in [1.54, 1.807) is 6.08 Å². The Labute approximate surface area is 449 Å². The van der Waals surface area contributed by atoms with Gasteiger partial charge in [-0.15, -0.1) is 0 Å². The Morgan fingerprint density at radius 3 is 1.28 bits per heavy atom. The molecule has 2 aliphatic heterocycles. The van der Waals surface area contributed by atoms with Crippen molar-refractivity contribution < 1.29 is 64.6 Å². The lowest BCUT2D eigenvalue weighted by molar-refractivity contribution is -0.359. The van der Waals surface area contributed by atoms with Gasteiger partial charge in [-0.1, -0.05) is 231 Å². The van der Waals surface area contributed by atoms with Crippen LogP contribution in [0.4, 0.5) is 0 Å². The SMILES string of the molecule is CCCCCCCCCC/C=C\CCCCCCCCCCCCCCCCCC(=O)NC(COC1OC(CO)C(OC2OC(CO)C(O)C(O)C2O)C(O)C1O)C(O)/C=C/CCCCCCCCCCCCC. The first-order valence-electron chi connectivity index (χ1n) is 30.6. The normalized spacial score (nSPS) is 25.3. The zero-order valence-corrected chi connectivity index (χ0v) is 46.8. The molecule has 12 unspecified atom stereocenters. The van der Waals surface area contributed by atoms with Crippen LogP contribution in [0.2, 0.25) is 0 Å². The average Bonchev–Trinajstić information content (AvgIpc) is 3.40. The number of nitrogens with one attached hydrogen (secondary N) is 1. The number of rotatable bonds is 49. The van der Waals surface area contributed by atoms with Crippen molar-refractivity contribution in [1.82, 2.24) is 5.32 Å². The largest absolute Gasteiger partial charge is 0.394 e. The summed E-state index contributed by atoms with van der Waals surface area (Å²) < 4.78 is 22.8. The number of aliphatic hydroxyl groups excluding tert-OH is 8. The number of ether oxygens (including phenoxy) is 4. The summed E-state index contributed by atoms with van der Waals surface area (Å²) in [6, 6.07) is -0.911. The van der Waals surface area contributed by atoms with E-state index >= 15 is 0 Å². The van der Waals surface area contributed by atoms with E-state index in [0.717, 1.165) is 38.5 Å². The third-order valence-electron chi connectivity index (χ3n) is 15.1. The fourth-order valence-corrected chi connectivity index (χ4v) is 10.2. The Hall–Kier alpha value is -1.53. The van der Waals surface area contributed by atoms with Crippen molar-refractivity contribution in [3.05, 3.63) is 24.3 Å². The van der Waals surface area contributed by atoms with Crippen LogP contribution in [0.15, 0.2) is 24.3 Å². The molecule has 0 spiro atoms. The fraction of sp³-hybridized carbons (Fsp3) is 0.917. The highest BCUT2D eigenvalue weighted by Gasteiger charge is 2.51. The predicted octanol–water partition coefficient (Wildman–Crippen LogP) is 10.4. The van der Waals surface area contributed by atoms with Gasteiger partial charge in [0.1, 0.15) is 48.8 Å². The maximum Gasteiger partial charge on any atom is 0.220 e. The highest BCUT2D eigenvalue weighted by atomic mass is 16.7.